The average molecular weight is 323 g/mol. The van der Waals surface area contributed by atoms with Crippen LogP contribution in [-0.2, 0) is 10.0 Å². The molecule has 0 radical (unpaired) electrons. The SMILES string of the molecule is CC(C)NCCCCS(=O)(=O)Nc1cc(F)ccc1Cl. The van der Waals surface area contributed by atoms with Crippen LogP contribution in [0.5, 0.6) is 0 Å². The number of hydrogen-bond acceptors (Lipinski definition) is 3. The van der Waals surface area contributed by atoms with E-state index in [0.717, 1.165) is 19.0 Å². The summed E-state index contributed by atoms with van der Waals surface area (Å²) in [5.74, 6) is -0.548. The van der Waals surface area contributed by atoms with Gasteiger partial charge >= 0.3 is 0 Å². The minimum absolute atomic E-state index is 0.0143. The van der Waals surface area contributed by atoms with Crippen molar-refractivity contribution >= 4 is 27.3 Å². The number of nitrogens with one attached hydrogen (secondary N) is 2. The predicted octanol–water partition coefficient (Wildman–Crippen LogP) is 3.00. The molecule has 0 aliphatic heterocycles. The van der Waals surface area contributed by atoms with Crippen LogP contribution in [0.15, 0.2) is 18.2 Å². The van der Waals surface area contributed by atoms with Gasteiger partial charge in [0.05, 0.1) is 16.5 Å². The molecule has 0 amide bonds. The largest absolute Gasteiger partial charge is 0.315 e. The Labute approximate surface area is 124 Å². The summed E-state index contributed by atoms with van der Waals surface area (Å²) >= 11 is 5.82. The van der Waals surface area contributed by atoms with Gasteiger partial charge in [-0.15, -0.1) is 0 Å². The Balaban J connectivity index is 2.47. The van der Waals surface area contributed by atoms with E-state index < -0.39 is 15.8 Å². The fourth-order valence-electron chi connectivity index (χ4n) is 1.60. The number of sulfonamides is 1. The summed E-state index contributed by atoms with van der Waals surface area (Å²) in [6.07, 6.45) is 1.29. The Hall–Kier alpha value is -0.850. The number of rotatable bonds is 8. The third-order valence-corrected chi connectivity index (χ3v) is 4.27. The van der Waals surface area contributed by atoms with Gasteiger partial charge in [0, 0.05) is 6.04 Å². The van der Waals surface area contributed by atoms with Crippen molar-refractivity contribution < 1.29 is 12.8 Å². The van der Waals surface area contributed by atoms with Gasteiger partial charge in [-0.05, 0) is 37.6 Å². The smallest absolute Gasteiger partial charge is 0.232 e. The first-order valence-corrected chi connectivity index (χ1v) is 8.52. The van der Waals surface area contributed by atoms with Crippen molar-refractivity contribution in [3.63, 3.8) is 0 Å². The van der Waals surface area contributed by atoms with Crippen molar-refractivity contribution in [3.05, 3.63) is 29.0 Å². The van der Waals surface area contributed by atoms with Gasteiger partial charge in [-0.2, -0.15) is 0 Å². The number of hydrogen-bond donors (Lipinski definition) is 2. The highest BCUT2D eigenvalue weighted by atomic mass is 35.5. The van der Waals surface area contributed by atoms with Crippen LogP contribution in [0.2, 0.25) is 5.02 Å². The first kappa shape index (κ1) is 17.2. The van der Waals surface area contributed by atoms with Gasteiger partial charge in [0.25, 0.3) is 0 Å². The molecule has 2 N–H and O–H groups in total. The molecule has 0 heterocycles. The van der Waals surface area contributed by atoms with Crippen LogP contribution in [-0.4, -0.2) is 26.8 Å². The molecule has 0 saturated heterocycles. The lowest BCUT2D eigenvalue weighted by Crippen LogP contribution is -2.24. The van der Waals surface area contributed by atoms with Gasteiger partial charge in [-0.3, -0.25) is 4.72 Å². The van der Waals surface area contributed by atoms with Crippen molar-refractivity contribution in [2.24, 2.45) is 0 Å². The Bertz CT molecular complexity index is 535. The minimum atomic E-state index is -3.50. The van der Waals surface area contributed by atoms with E-state index in [9.17, 15) is 12.8 Å². The van der Waals surface area contributed by atoms with Crippen LogP contribution in [0.3, 0.4) is 0 Å². The number of anilines is 1. The first-order chi connectivity index (χ1) is 9.30. The second-order valence-corrected chi connectivity index (χ2v) is 7.11. The molecule has 0 aliphatic rings. The molecule has 0 atom stereocenters. The quantitative estimate of drug-likeness (QED) is 0.723. The van der Waals surface area contributed by atoms with Gasteiger partial charge in [0.15, 0.2) is 0 Å². The zero-order valence-corrected chi connectivity index (χ0v) is 13.2. The van der Waals surface area contributed by atoms with E-state index in [2.05, 4.69) is 10.0 Å². The highest BCUT2D eigenvalue weighted by molar-refractivity contribution is 7.92. The Morgan fingerprint density at radius 3 is 2.65 bits per heavy atom. The summed E-state index contributed by atoms with van der Waals surface area (Å²) < 4.78 is 39.1. The normalized spacial score (nSPS) is 11.8. The fraction of sp³-hybridized carbons (Fsp3) is 0.538. The molecule has 0 bridgehead atoms. The minimum Gasteiger partial charge on any atom is -0.315 e. The molecule has 7 heteroatoms. The van der Waals surface area contributed by atoms with Crippen LogP contribution in [0.4, 0.5) is 10.1 Å². The van der Waals surface area contributed by atoms with Crippen molar-refractivity contribution in [1.82, 2.24) is 5.32 Å². The van der Waals surface area contributed by atoms with E-state index in [1.165, 1.54) is 12.1 Å². The molecule has 0 unspecified atom stereocenters. The second kappa shape index (κ2) is 7.81. The van der Waals surface area contributed by atoms with Gasteiger partial charge in [-0.25, -0.2) is 12.8 Å². The zero-order chi connectivity index (χ0) is 15.2. The highest BCUT2D eigenvalue weighted by Crippen LogP contribution is 2.23. The van der Waals surface area contributed by atoms with E-state index in [4.69, 9.17) is 11.6 Å². The van der Waals surface area contributed by atoms with Crippen LogP contribution < -0.4 is 10.0 Å². The zero-order valence-electron chi connectivity index (χ0n) is 11.6. The Morgan fingerprint density at radius 2 is 2.00 bits per heavy atom. The Kier molecular flexibility index (Phi) is 6.71. The lowest BCUT2D eigenvalue weighted by Gasteiger charge is -2.10. The summed E-state index contributed by atoms with van der Waals surface area (Å²) in [7, 11) is -3.50. The van der Waals surface area contributed by atoms with Crippen LogP contribution in [0.1, 0.15) is 26.7 Å². The molecular formula is C13H20ClFN2O2S. The van der Waals surface area contributed by atoms with E-state index >= 15 is 0 Å². The molecule has 114 valence electrons. The van der Waals surface area contributed by atoms with Crippen LogP contribution in [0, 0.1) is 5.82 Å². The topological polar surface area (TPSA) is 58.2 Å². The van der Waals surface area contributed by atoms with E-state index in [0.29, 0.717) is 12.5 Å². The maximum atomic E-state index is 13.0. The second-order valence-electron chi connectivity index (χ2n) is 4.86. The van der Waals surface area contributed by atoms with E-state index in [-0.39, 0.29) is 16.5 Å². The Morgan fingerprint density at radius 1 is 1.30 bits per heavy atom. The molecular weight excluding hydrogens is 303 g/mol. The molecule has 0 aliphatic carbocycles. The maximum Gasteiger partial charge on any atom is 0.232 e. The van der Waals surface area contributed by atoms with Crippen molar-refractivity contribution in [2.75, 3.05) is 17.0 Å². The third kappa shape index (κ3) is 6.54. The summed E-state index contributed by atoms with van der Waals surface area (Å²) in [4.78, 5) is 0. The van der Waals surface area contributed by atoms with Crippen molar-refractivity contribution in [3.8, 4) is 0 Å². The number of benzene rings is 1. The standard InChI is InChI=1S/C13H20ClFN2O2S/c1-10(2)16-7-3-4-8-20(18,19)17-13-9-11(15)5-6-12(13)14/h5-6,9-10,16-17H,3-4,7-8H2,1-2H3. The summed E-state index contributed by atoms with van der Waals surface area (Å²) in [5.41, 5.74) is 0.0759. The lowest BCUT2D eigenvalue weighted by molar-refractivity contribution is 0.561. The lowest BCUT2D eigenvalue weighted by atomic mass is 10.3. The van der Waals surface area contributed by atoms with Crippen LogP contribution in [0.25, 0.3) is 0 Å². The van der Waals surface area contributed by atoms with Crippen LogP contribution >= 0.6 is 11.6 Å². The summed E-state index contributed by atoms with van der Waals surface area (Å²) in [6.45, 7) is 4.84. The molecule has 1 aromatic carbocycles. The molecule has 0 aromatic heterocycles. The fourth-order valence-corrected chi connectivity index (χ4v) is 3.01. The maximum absolute atomic E-state index is 13.0. The van der Waals surface area contributed by atoms with Gasteiger partial charge < -0.3 is 5.32 Å². The molecule has 1 aromatic rings. The predicted molar refractivity (Wildman–Crippen MR) is 81.2 cm³/mol. The molecule has 0 fully saturated rings. The molecule has 0 saturated carbocycles. The third-order valence-electron chi connectivity index (χ3n) is 2.59. The summed E-state index contributed by atoms with van der Waals surface area (Å²) in [5, 5.41) is 3.39. The van der Waals surface area contributed by atoms with Gasteiger partial charge in [-0.1, -0.05) is 25.4 Å². The van der Waals surface area contributed by atoms with E-state index in [1.807, 2.05) is 13.8 Å². The van der Waals surface area contributed by atoms with E-state index in [1.54, 1.807) is 0 Å². The number of unbranched alkanes of at least 4 members (excludes halogenated alkanes) is 1. The summed E-state index contributed by atoms with van der Waals surface area (Å²) in [6, 6.07) is 3.95. The molecule has 4 nitrogen and oxygen atoms in total. The highest BCUT2D eigenvalue weighted by Gasteiger charge is 2.12. The van der Waals surface area contributed by atoms with Crippen molar-refractivity contribution in [1.29, 1.82) is 0 Å². The molecule has 0 spiro atoms. The molecule has 20 heavy (non-hydrogen) atoms. The van der Waals surface area contributed by atoms with Crippen molar-refractivity contribution in [2.45, 2.75) is 32.7 Å². The number of halogens is 2. The van der Waals surface area contributed by atoms with Gasteiger partial charge in [0.2, 0.25) is 10.0 Å². The monoisotopic (exact) mass is 322 g/mol. The average Bonchev–Trinajstić information content (AvgIpc) is 2.32. The molecule has 1 rings (SSSR count). The van der Waals surface area contributed by atoms with Gasteiger partial charge in [0.1, 0.15) is 5.82 Å². The first-order valence-electron chi connectivity index (χ1n) is 6.49.